The van der Waals surface area contributed by atoms with Gasteiger partial charge in [0.2, 0.25) is 0 Å². The van der Waals surface area contributed by atoms with Gasteiger partial charge in [0.15, 0.2) is 0 Å². The first-order valence-corrected chi connectivity index (χ1v) is 5.76. The summed E-state index contributed by atoms with van der Waals surface area (Å²) in [5, 5.41) is 8.45. The van der Waals surface area contributed by atoms with Crippen LogP contribution in [-0.2, 0) is 0 Å². The van der Waals surface area contributed by atoms with Crippen molar-refractivity contribution in [3.05, 3.63) is 24.3 Å². The highest BCUT2D eigenvalue weighted by atomic mass is 16.5. The van der Waals surface area contributed by atoms with Crippen LogP contribution in [0.25, 0.3) is 0 Å². The van der Waals surface area contributed by atoms with Crippen molar-refractivity contribution < 1.29 is 4.74 Å². The lowest BCUT2D eigenvalue weighted by molar-refractivity contribution is 0.265. The van der Waals surface area contributed by atoms with E-state index in [1.165, 1.54) is 0 Å². The van der Waals surface area contributed by atoms with Crippen molar-refractivity contribution in [3.63, 3.8) is 0 Å². The SMILES string of the molecule is CN(CCC#N)CCCOc1ccc(N)cc1. The predicted molar refractivity (Wildman–Crippen MR) is 68.7 cm³/mol. The maximum atomic E-state index is 8.45. The minimum absolute atomic E-state index is 0.579. The van der Waals surface area contributed by atoms with E-state index >= 15 is 0 Å². The van der Waals surface area contributed by atoms with Crippen LogP contribution in [0, 0.1) is 11.3 Å². The lowest BCUT2D eigenvalue weighted by Gasteiger charge is -2.14. The van der Waals surface area contributed by atoms with Crippen LogP contribution in [0.2, 0.25) is 0 Å². The number of rotatable bonds is 7. The molecule has 0 saturated carbocycles. The van der Waals surface area contributed by atoms with Crippen LogP contribution >= 0.6 is 0 Å². The van der Waals surface area contributed by atoms with Crippen LogP contribution in [0.3, 0.4) is 0 Å². The Kier molecular flexibility index (Phi) is 5.91. The molecule has 1 rings (SSSR count). The van der Waals surface area contributed by atoms with Gasteiger partial charge in [-0.1, -0.05) is 0 Å². The van der Waals surface area contributed by atoms with Gasteiger partial charge < -0.3 is 15.4 Å². The second kappa shape index (κ2) is 7.53. The number of hydrogen-bond donors (Lipinski definition) is 1. The third kappa shape index (κ3) is 5.79. The first-order chi connectivity index (χ1) is 8.22. The molecule has 4 heteroatoms. The fourth-order valence-electron chi connectivity index (χ4n) is 1.44. The zero-order chi connectivity index (χ0) is 12.5. The molecule has 17 heavy (non-hydrogen) atoms. The van der Waals surface area contributed by atoms with E-state index in [1.807, 2.05) is 31.3 Å². The Bertz CT molecular complexity index is 356. The molecule has 0 unspecified atom stereocenters. The van der Waals surface area contributed by atoms with E-state index in [2.05, 4.69) is 11.0 Å². The van der Waals surface area contributed by atoms with Gasteiger partial charge >= 0.3 is 0 Å². The summed E-state index contributed by atoms with van der Waals surface area (Å²) in [6, 6.07) is 9.53. The van der Waals surface area contributed by atoms with Crippen molar-refractivity contribution in [2.75, 3.05) is 32.5 Å². The minimum Gasteiger partial charge on any atom is -0.494 e. The van der Waals surface area contributed by atoms with E-state index in [-0.39, 0.29) is 0 Å². The van der Waals surface area contributed by atoms with Crippen molar-refractivity contribution in [1.29, 1.82) is 5.26 Å². The topological polar surface area (TPSA) is 62.3 Å². The van der Waals surface area contributed by atoms with E-state index in [1.54, 1.807) is 0 Å². The quantitative estimate of drug-likeness (QED) is 0.577. The number of benzene rings is 1. The smallest absolute Gasteiger partial charge is 0.119 e. The molecular weight excluding hydrogens is 214 g/mol. The average molecular weight is 233 g/mol. The van der Waals surface area contributed by atoms with Crippen molar-refractivity contribution in [1.82, 2.24) is 4.90 Å². The normalized spacial score (nSPS) is 10.2. The first-order valence-electron chi connectivity index (χ1n) is 5.76. The monoisotopic (exact) mass is 233 g/mol. The molecule has 92 valence electrons. The van der Waals surface area contributed by atoms with Crippen LogP contribution < -0.4 is 10.5 Å². The summed E-state index contributed by atoms with van der Waals surface area (Å²) in [6.45, 7) is 2.44. The van der Waals surface area contributed by atoms with Crippen LogP contribution in [0.1, 0.15) is 12.8 Å². The molecule has 0 aliphatic heterocycles. The summed E-state index contributed by atoms with van der Waals surface area (Å²) < 4.78 is 5.57. The highest BCUT2D eigenvalue weighted by molar-refractivity contribution is 5.41. The van der Waals surface area contributed by atoms with Gasteiger partial charge in [-0.25, -0.2) is 0 Å². The Hall–Kier alpha value is -1.73. The van der Waals surface area contributed by atoms with Gasteiger partial charge in [0, 0.05) is 25.2 Å². The Labute approximate surface area is 103 Å². The number of nitrogens with zero attached hydrogens (tertiary/aromatic N) is 2. The Morgan fingerprint density at radius 3 is 2.65 bits per heavy atom. The van der Waals surface area contributed by atoms with Gasteiger partial charge in [-0.2, -0.15) is 5.26 Å². The lowest BCUT2D eigenvalue weighted by atomic mass is 10.3. The van der Waals surface area contributed by atoms with Gasteiger partial charge in [0.05, 0.1) is 12.7 Å². The van der Waals surface area contributed by atoms with Crippen LogP contribution in [0.15, 0.2) is 24.3 Å². The summed E-state index contributed by atoms with van der Waals surface area (Å²) in [4.78, 5) is 2.13. The van der Waals surface area contributed by atoms with E-state index in [0.29, 0.717) is 13.0 Å². The molecule has 1 aromatic carbocycles. The van der Waals surface area contributed by atoms with Gasteiger partial charge in [-0.3, -0.25) is 0 Å². The lowest BCUT2D eigenvalue weighted by Crippen LogP contribution is -2.22. The third-order valence-corrected chi connectivity index (χ3v) is 2.44. The standard InChI is InChI=1S/C13H19N3O/c1-16(9-2-8-14)10-3-11-17-13-6-4-12(15)5-7-13/h4-7H,2-3,9-11,15H2,1H3. The third-order valence-electron chi connectivity index (χ3n) is 2.44. The maximum Gasteiger partial charge on any atom is 0.119 e. The fraction of sp³-hybridized carbons (Fsp3) is 0.462. The molecule has 0 aliphatic rings. The number of nitrogen functional groups attached to an aromatic ring is 1. The van der Waals surface area contributed by atoms with Gasteiger partial charge in [-0.05, 0) is 37.7 Å². The van der Waals surface area contributed by atoms with Crippen molar-refractivity contribution in [2.24, 2.45) is 0 Å². The second-order valence-corrected chi connectivity index (χ2v) is 3.98. The molecule has 2 N–H and O–H groups in total. The summed E-state index contributed by atoms with van der Waals surface area (Å²) in [5.74, 6) is 0.846. The molecule has 1 aromatic rings. The molecule has 0 amide bonds. The van der Waals surface area contributed by atoms with Gasteiger partial charge in [0.1, 0.15) is 5.75 Å². The van der Waals surface area contributed by atoms with Gasteiger partial charge in [-0.15, -0.1) is 0 Å². The molecule has 0 bridgehead atoms. The van der Waals surface area contributed by atoms with E-state index < -0.39 is 0 Å². The Morgan fingerprint density at radius 2 is 2.00 bits per heavy atom. The number of hydrogen-bond acceptors (Lipinski definition) is 4. The fourth-order valence-corrected chi connectivity index (χ4v) is 1.44. The molecule has 0 heterocycles. The molecule has 0 radical (unpaired) electrons. The van der Waals surface area contributed by atoms with Crippen LogP contribution in [0.5, 0.6) is 5.75 Å². The highest BCUT2D eigenvalue weighted by Crippen LogP contribution is 2.13. The number of ether oxygens (including phenoxy) is 1. The summed E-state index contributed by atoms with van der Waals surface area (Å²) >= 11 is 0. The zero-order valence-electron chi connectivity index (χ0n) is 10.2. The molecule has 0 saturated heterocycles. The molecular formula is C13H19N3O. The summed E-state index contributed by atoms with van der Waals surface area (Å²) in [6.07, 6.45) is 1.53. The van der Waals surface area contributed by atoms with Gasteiger partial charge in [0.25, 0.3) is 0 Å². The van der Waals surface area contributed by atoms with Crippen molar-refractivity contribution in [2.45, 2.75) is 12.8 Å². The van der Waals surface area contributed by atoms with E-state index in [9.17, 15) is 0 Å². The maximum absolute atomic E-state index is 8.45. The molecule has 0 aliphatic carbocycles. The first kappa shape index (κ1) is 13.3. The van der Waals surface area contributed by atoms with E-state index in [0.717, 1.165) is 30.9 Å². The molecule has 0 fully saturated rings. The average Bonchev–Trinajstić information content (AvgIpc) is 2.34. The number of anilines is 1. The summed E-state index contributed by atoms with van der Waals surface area (Å²) in [5.41, 5.74) is 6.32. The minimum atomic E-state index is 0.579. The Balaban J connectivity index is 2.12. The molecule has 0 aromatic heterocycles. The largest absolute Gasteiger partial charge is 0.494 e. The van der Waals surface area contributed by atoms with Crippen molar-refractivity contribution >= 4 is 5.69 Å². The summed E-state index contributed by atoms with van der Waals surface area (Å²) in [7, 11) is 2.01. The molecule has 4 nitrogen and oxygen atoms in total. The second-order valence-electron chi connectivity index (χ2n) is 3.98. The van der Waals surface area contributed by atoms with Crippen molar-refractivity contribution in [3.8, 4) is 11.8 Å². The van der Waals surface area contributed by atoms with E-state index in [4.69, 9.17) is 15.7 Å². The predicted octanol–water partition coefficient (Wildman–Crippen LogP) is 1.88. The highest BCUT2D eigenvalue weighted by Gasteiger charge is 1.98. The van der Waals surface area contributed by atoms with Crippen LogP contribution in [-0.4, -0.2) is 31.6 Å². The number of nitrogens with two attached hydrogens (primary N) is 1. The zero-order valence-corrected chi connectivity index (χ0v) is 10.2. The Morgan fingerprint density at radius 1 is 1.29 bits per heavy atom. The molecule has 0 spiro atoms. The van der Waals surface area contributed by atoms with Crippen LogP contribution in [0.4, 0.5) is 5.69 Å². The molecule has 0 atom stereocenters. The number of nitriles is 1.